The molecule has 2 unspecified atom stereocenters. The summed E-state index contributed by atoms with van der Waals surface area (Å²) in [7, 11) is 0. The fourth-order valence-corrected chi connectivity index (χ4v) is 1.71. The van der Waals surface area contributed by atoms with Gasteiger partial charge < -0.3 is 15.2 Å². The molecular weight excluding hydrogens is 202 g/mol. The summed E-state index contributed by atoms with van der Waals surface area (Å²) in [6.45, 7) is 7.39. The Morgan fingerprint density at radius 3 is 2.62 bits per heavy atom. The standard InChI is InChI=1S/C13H21NO2/c1-4-14-10(3)13(15)11-8-6-7-9-12(11)16-5-2/h6-10,13-15H,4-5H2,1-3H3. The molecule has 1 aromatic rings. The highest BCUT2D eigenvalue weighted by Crippen LogP contribution is 2.27. The number of para-hydroxylation sites is 1. The van der Waals surface area contributed by atoms with Crippen LogP contribution >= 0.6 is 0 Å². The first-order valence-corrected chi connectivity index (χ1v) is 5.83. The number of hydrogen-bond acceptors (Lipinski definition) is 3. The highest BCUT2D eigenvalue weighted by Gasteiger charge is 2.18. The largest absolute Gasteiger partial charge is 0.493 e. The number of likely N-dealkylation sites (N-methyl/N-ethyl adjacent to an activating group) is 1. The molecule has 16 heavy (non-hydrogen) atoms. The molecular formula is C13H21NO2. The number of ether oxygens (including phenoxy) is 1. The van der Waals surface area contributed by atoms with E-state index in [4.69, 9.17) is 4.74 Å². The van der Waals surface area contributed by atoms with Crippen molar-refractivity contribution in [1.82, 2.24) is 5.32 Å². The van der Waals surface area contributed by atoms with E-state index in [2.05, 4.69) is 5.32 Å². The van der Waals surface area contributed by atoms with Crippen LogP contribution in [-0.2, 0) is 0 Å². The molecule has 0 saturated heterocycles. The lowest BCUT2D eigenvalue weighted by Gasteiger charge is -2.22. The molecule has 0 radical (unpaired) electrons. The summed E-state index contributed by atoms with van der Waals surface area (Å²) < 4.78 is 5.50. The fraction of sp³-hybridized carbons (Fsp3) is 0.538. The van der Waals surface area contributed by atoms with Crippen LogP contribution in [0, 0.1) is 0 Å². The molecule has 0 spiro atoms. The average Bonchev–Trinajstić information content (AvgIpc) is 2.29. The first-order valence-electron chi connectivity index (χ1n) is 5.83. The Kier molecular flexibility index (Phi) is 5.29. The van der Waals surface area contributed by atoms with E-state index >= 15 is 0 Å². The lowest BCUT2D eigenvalue weighted by atomic mass is 10.0. The topological polar surface area (TPSA) is 41.5 Å². The van der Waals surface area contributed by atoms with Crippen LogP contribution in [-0.4, -0.2) is 24.3 Å². The molecule has 0 aliphatic heterocycles. The van der Waals surface area contributed by atoms with Gasteiger partial charge in [0.15, 0.2) is 0 Å². The van der Waals surface area contributed by atoms with Crippen molar-refractivity contribution in [3.8, 4) is 5.75 Å². The van der Waals surface area contributed by atoms with Crippen molar-refractivity contribution in [2.45, 2.75) is 32.9 Å². The summed E-state index contributed by atoms with van der Waals surface area (Å²) in [5.41, 5.74) is 0.845. The van der Waals surface area contributed by atoms with Crippen molar-refractivity contribution < 1.29 is 9.84 Å². The summed E-state index contributed by atoms with van der Waals surface area (Å²) >= 11 is 0. The summed E-state index contributed by atoms with van der Waals surface area (Å²) in [6.07, 6.45) is -0.539. The number of nitrogens with one attached hydrogen (secondary N) is 1. The predicted octanol–water partition coefficient (Wildman–Crippen LogP) is 2.12. The van der Waals surface area contributed by atoms with Crippen molar-refractivity contribution in [3.63, 3.8) is 0 Å². The minimum absolute atomic E-state index is 0.0200. The van der Waals surface area contributed by atoms with E-state index in [0.717, 1.165) is 17.9 Å². The molecule has 3 nitrogen and oxygen atoms in total. The molecule has 0 heterocycles. The maximum atomic E-state index is 10.2. The zero-order chi connectivity index (χ0) is 12.0. The number of rotatable bonds is 6. The van der Waals surface area contributed by atoms with Gasteiger partial charge in [-0.2, -0.15) is 0 Å². The van der Waals surface area contributed by atoms with Gasteiger partial charge in [-0.05, 0) is 26.5 Å². The van der Waals surface area contributed by atoms with Crippen LogP contribution in [0.25, 0.3) is 0 Å². The molecule has 90 valence electrons. The van der Waals surface area contributed by atoms with Crippen LogP contribution in [0.4, 0.5) is 0 Å². The van der Waals surface area contributed by atoms with Gasteiger partial charge in [0.2, 0.25) is 0 Å². The van der Waals surface area contributed by atoms with Crippen LogP contribution < -0.4 is 10.1 Å². The van der Waals surface area contributed by atoms with Crippen molar-refractivity contribution in [3.05, 3.63) is 29.8 Å². The molecule has 0 saturated carbocycles. The third-order valence-electron chi connectivity index (χ3n) is 2.54. The van der Waals surface area contributed by atoms with Gasteiger partial charge in [-0.25, -0.2) is 0 Å². The number of hydrogen-bond donors (Lipinski definition) is 2. The minimum Gasteiger partial charge on any atom is -0.493 e. The van der Waals surface area contributed by atoms with Crippen molar-refractivity contribution in [2.24, 2.45) is 0 Å². The van der Waals surface area contributed by atoms with Crippen molar-refractivity contribution in [1.29, 1.82) is 0 Å². The van der Waals surface area contributed by atoms with Gasteiger partial charge in [-0.1, -0.05) is 25.1 Å². The monoisotopic (exact) mass is 223 g/mol. The zero-order valence-corrected chi connectivity index (χ0v) is 10.2. The molecule has 1 rings (SSSR count). The predicted molar refractivity (Wildman–Crippen MR) is 65.7 cm³/mol. The Morgan fingerprint density at radius 1 is 1.31 bits per heavy atom. The molecule has 0 bridgehead atoms. The third kappa shape index (κ3) is 3.22. The summed E-state index contributed by atoms with van der Waals surface area (Å²) in [4.78, 5) is 0. The maximum Gasteiger partial charge on any atom is 0.125 e. The van der Waals surface area contributed by atoms with Crippen LogP contribution in [0.5, 0.6) is 5.75 Å². The smallest absolute Gasteiger partial charge is 0.125 e. The lowest BCUT2D eigenvalue weighted by Crippen LogP contribution is -2.32. The maximum absolute atomic E-state index is 10.2. The highest BCUT2D eigenvalue weighted by atomic mass is 16.5. The molecule has 0 amide bonds. The van der Waals surface area contributed by atoms with Gasteiger partial charge in [0.25, 0.3) is 0 Å². The van der Waals surface area contributed by atoms with Crippen LogP contribution in [0.2, 0.25) is 0 Å². The lowest BCUT2D eigenvalue weighted by molar-refractivity contribution is 0.132. The average molecular weight is 223 g/mol. The van der Waals surface area contributed by atoms with Crippen LogP contribution in [0.3, 0.4) is 0 Å². The summed E-state index contributed by atoms with van der Waals surface area (Å²) in [6, 6.07) is 7.65. The number of aliphatic hydroxyl groups is 1. The van der Waals surface area contributed by atoms with Gasteiger partial charge in [-0.15, -0.1) is 0 Å². The molecule has 1 aromatic carbocycles. The van der Waals surface area contributed by atoms with Crippen molar-refractivity contribution >= 4 is 0 Å². The van der Waals surface area contributed by atoms with Crippen LogP contribution in [0.15, 0.2) is 24.3 Å². The normalized spacial score (nSPS) is 14.5. The second-order valence-electron chi connectivity index (χ2n) is 3.76. The van der Waals surface area contributed by atoms with E-state index < -0.39 is 6.10 Å². The summed E-state index contributed by atoms with van der Waals surface area (Å²) in [5.74, 6) is 0.766. The van der Waals surface area contributed by atoms with Gasteiger partial charge in [0, 0.05) is 11.6 Å². The van der Waals surface area contributed by atoms with E-state index in [-0.39, 0.29) is 6.04 Å². The molecule has 2 N–H and O–H groups in total. The third-order valence-corrected chi connectivity index (χ3v) is 2.54. The minimum atomic E-state index is -0.539. The molecule has 0 fully saturated rings. The number of benzene rings is 1. The first kappa shape index (κ1) is 13.0. The molecule has 0 aliphatic rings. The second kappa shape index (κ2) is 6.51. The van der Waals surface area contributed by atoms with Gasteiger partial charge in [0.05, 0.1) is 12.7 Å². The molecule has 0 aromatic heterocycles. The molecule has 3 heteroatoms. The Hall–Kier alpha value is -1.06. The zero-order valence-electron chi connectivity index (χ0n) is 10.2. The van der Waals surface area contributed by atoms with Gasteiger partial charge in [0.1, 0.15) is 5.75 Å². The van der Waals surface area contributed by atoms with Gasteiger partial charge in [-0.3, -0.25) is 0 Å². The summed E-state index contributed by atoms with van der Waals surface area (Å²) in [5, 5.41) is 13.4. The van der Waals surface area contributed by atoms with E-state index in [1.165, 1.54) is 0 Å². The van der Waals surface area contributed by atoms with E-state index in [1.54, 1.807) is 0 Å². The van der Waals surface area contributed by atoms with Crippen molar-refractivity contribution in [2.75, 3.05) is 13.2 Å². The van der Waals surface area contributed by atoms with Gasteiger partial charge >= 0.3 is 0 Å². The van der Waals surface area contributed by atoms with E-state index in [9.17, 15) is 5.11 Å². The highest BCUT2D eigenvalue weighted by molar-refractivity contribution is 5.35. The van der Waals surface area contributed by atoms with Crippen LogP contribution in [0.1, 0.15) is 32.4 Å². The number of aliphatic hydroxyl groups excluding tert-OH is 1. The molecule has 0 aliphatic carbocycles. The Morgan fingerprint density at radius 2 is 2.00 bits per heavy atom. The SMILES string of the molecule is CCNC(C)C(O)c1ccccc1OCC. The second-order valence-corrected chi connectivity index (χ2v) is 3.76. The molecule has 2 atom stereocenters. The quantitative estimate of drug-likeness (QED) is 0.776. The Bertz CT molecular complexity index is 315. The fourth-order valence-electron chi connectivity index (χ4n) is 1.71. The Balaban J connectivity index is 2.84. The first-order chi connectivity index (χ1) is 7.70. The van der Waals surface area contributed by atoms with E-state index in [1.807, 2.05) is 45.0 Å². The van der Waals surface area contributed by atoms with E-state index in [0.29, 0.717) is 6.61 Å². The Labute approximate surface area is 97.4 Å².